The molecule has 0 N–H and O–H groups in total. The first-order chi connectivity index (χ1) is 11.7. The van der Waals surface area contributed by atoms with E-state index >= 15 is 0 Å². The highest BCUT2D eigenvalue weighted by atomic mass is 16.5. The molecule has 3 rings (SSSR count). The van der Waals surface area contributed by atoms with Crippen molar-refractivity contribution in [3.05, 3.63) is 35.4 Å². The van der Waals surface area contributed by atoms with E-state index in [1.807, 2.05) is 4.90 Å². The van der Waals surface area contributed by atoms with Gasteiger partial charge in [0.1, 0.15) is 0 Å². The van der Waals surface area contributed by atoms with Crippen LogP contribution in [-0.4, -0.2) is 61.6 Å². The molecule has 132 valence electrons. The maximum Gasteiger partial charge on any atom is 0.236 e. The summed E-state index contributed by atoms with van der Waals surface area (Å²) in [6.45, 7) is 7.74. The SMILES string of the molecule is Cc1ccc(CCC2CCN(CC(=O)N3CCOCC3)CC2)cc1. The van der Waals surface area contributed by atoms with Gasteiger partial charge >= 0.3 is 0 Å². The Bertz CT molecular complexity index is 515. The van der Waals surface area contributed by atoms with Gasteiger partial charge in [0.25, 0.3) is 0 Å². The van der Waals surface area contributed by atoms with Gasteiger partial charge in [-0.3, -0.25) is 9.69 Å². The highest BCUT2D eigenvalue weighted by Gasteiger charge is 2.23. The van der Waals surface area contributed by atoms with Gasteiger partial charge in [0.05, 0.1) is 19.8 Å². The van der Waals surface area contributed by atoms with Gasteiger partial charge in [-0.1, -0.05) is 29.8 Å². The molecule has 2 fully saturated rings. The molecule has 1 aromatic rings. The van der Waals surface area contributed by atoms with Crippen molar-refractivity contribution in [3.63, 3.8) is 0 Å². The van der Waals surface area contributed by atoms with Crippen molar-refractivity contribution in [2.75, 3.05) is 45.9 Å². The maximum absolute atomic E-state index is 12.3. The molecule has 0 bridgehead atoms. The number of amides is 1. The summed E-state index contributed by atoms with van der Waals surface area (Å²) in [5.41, 5.74) is 2.78. The Hall–Kier alpha value is -1.39. The lowest BCUT2D eigenvalue weighted by molar-refractivity contribution is -0.136. The summed E-state index contributed by atoms with van der Waals surface area (Å²) in [6.07, 6.45) is 4.90. The first-order valence-electron chi connectivity index (χ1n) is 9.34. The zero-order valence-electron chi connectivity index (χ0n) is 14.9. The molecule has 0 spiro atoms. The first kappa shape index (κ1) is 17.4. The summed E-state index contributed by atoms with van der Waals surface area (Å²) in [7, 11) is 0. The average molecular weight is 330 g/mol. The van der Waals surface area contributed by atoms with Crippen LogP contribution in [0.1, 0.15) is 30.4 Å². The predicted molar refractivity (Wildman–Crippen MR) is 96.1 cm³/mol. The van der Waals surface area contributed by atoms with Crippen LogP contribution in [0.5, 0.6) is 0 Å². The number of rotatable bonds is 5. The van der Waals surface area contributed by atoms with Crippen LogP contribution in [0.15, 0.2) is 24.3 Å². The quantitative estimate of drug-likeness (QED) is 0.831. The summed E-state index contributed by atoms with van der Waals surface area (Å²) in [4.78, 5) is 16.6. The van der Waals surface area contributed by atoms with Crippen molar-refractivity contribution < 1.29 is 9.53 Å². The molecule has 0 saturated carbocycles. The largest absolute Gasteiger partial charge is 0.378 e. The lowest BCUT2D eigenvalue weighted by Gasteiger charge is -2.34. The molecule has 0 radical (unpaired) electrons. The number of carbonyl (C=O) groups excluding carboxylic acids is 1. The zero-order chi connectivity index (χ0) is 16.8. The Kier molecular flexibility index (Phi) is 6.27. The van der Waals surface area contributed by atoms with E-state index in [0.29, 0.717) is 19.8 Å². The maximum atomic E-state index is 12.3. The van der Waals surface area contributed by atoms with Gasteiger partial charge in [-0.2, -0.15) is 0 Å². The standard InChI is InChI=1S/C20H30N2O2/c1-17-2-4-18(5-3-17)6-7-19-8-10-21(11-9-19)16-20(23)22-12-14-24-15-13-22/h2-5,19H,6-16H2,1H3. The fourth-order valence-electron chi connectivity index (χ4n) is 3.66. The van der Waals surface area contributed by atoms with Crippen LogP contribution in [0.2, 0.25) is 0 Å². The van der Waals surface area contributed by atoms with E-state index in [1.54, 1.807) is 0 Å². The normalized spacial score (nSPS) is 20.3. The summed E-state index contributed by atoms with van der Waals surface area (Å²) in [6, 6.07) is 8.92. The van der Waals surface area contributed by atoms with Gasteiger partial charge in [0.2, 0.25) is 5.91 Å². The number of ether oxygens (including phenoxy) is 1. The number of hydrogen-bond donors (Lipinski definition) is 0. The van der Waals surface area contributed by atoms with Crippen LogP contribution in [0.4, 0.5) is 0 Å². The van der Waals surface area contributed by atoms with Gasteiger partial charge in [-0.15, -0.1) is 0 Å². The number of hydrogen-bond acceptors (Lipinski definition) is 3. The molecule has 24 heavy (non-hydrogen) atoms. The summed E-state index contributed by atoms with van der Waals surface area (Å²) < 4.78 is 5.32. The lowest BCUT2D eigenvalue weighted by atomic mass is 9.90. The highest BCUT2D eigenvalue weighted by molar-refractivity contribution is 5.78. The highest BCUT2D eigenvalue weighted by Crippen LogP contribution is 2.22. The number of nitrogens with zero attached hydrogens (tertiary/aromatic N) is 2. The van der Waals surface area contributed by atoms with Crippen LogP contribution in [0, 0.1) is 12.8 Å². The van der Waals surface area contributed by atoms with Gasteiger partial charge in [-0.05, 0) is 57.2 Å². The van der Waals surface area contributed by atoms with Crippen LogP contribution in [-0.2, 0) is 16.0 Å². The van der Waals surface area contributed by atoms with E-state index in [2.05, 4.69) is 36.1 Å². The Labute approximate surface area is 145 Å². The number of carbonyl (C=O) groups is 1. The van der Waals surface area contributed by atoms with Crippen molar-refractivity contribution in [1.29, 1.82) is 0 Å². The third-order valence-electron chi connectivity index (χ3n) is 5.39. The van der Waals surface area contributed by atoms with Crippen molar-refractivity contribution in [2.45, 2.75) is 32.6 Å². The summed E-state index contributed by atoms with van der Waals surface area (Å²) >= 11 is 0. The number of benzene rings is 1. The summed E-state index contributed by atoms with van der Waals surface area (Å²) in [5, 5.41) is 0. The minimum atomic E-state index is 0.274. The van der Waals surface area contributed by atoms with Crippen LogP contribution >= 0.6 is 0 Å². The fourth-order valence-corrected chi connectivity index (χ4v) is 3.66. The molecule has 4 nitrogen and oxygen atoms in total. The molecular weight excluding hydrogens is 300 g/mol. The van der Waals surface area contributed by atoms with E-state index in [9.17, 15) is 4.79 Å². The smallest absolute Gasteiger partial charge is 0.236 e. The van der Waals surface area contributed by atoms with Crippen molar-refractivity contribution in [1.82, 2.24) is 9.80 Å². The molecule has 2 heterocycles. The van der Waals surface area contributed by atoms with Crippen LogP contribution in [0.3, 0.4) is 0 Å². The van der Waals surface area contributed by atoms with Crippen molar-refractivity contribution in [3.8, 4) is 0 Å². The lowest BCUT2D eigenvalue weighted by Crippen LogP contribution is -2.47. The Balaban J connectivity index is 1.36. The Morgan fingerprint density at radius 3 is 2.42 bits per heavy atom. The molecule has 0 aromatic heterocycles. The molecular formula is C20H30N2O2. The van der Waals surface area contributed by atoms with E-state index < -0.39 is 0 Å². The number of piperidine rings is 1. The van der Waals surface area contributed by atoms with E-state index in [0.717, 1.165) is 32.1 Å². The molecule has 0 unspecified atom stereocenters. The second-order valence-electron chi connectivity index (χ2n) is 7.24. The monoisotopic (exact) mass is 330 g/mol. The zero-order valence-corrected chi connectivity index (χ0v) is 14.9. The van der Waals surface area contributed by atoms with E-state index in [-0.39, 0.29) is 5.91 Å². The fraction of sp³-hybridized carbons (Fsp3) is 0.650. The molecule has 4 heteroatoms. The first-order valence-corrected chi connectivity index (χ1v) is 9.34. The Morgan fingerprint density at radius 1 is 1.08 bits per heavy atom. The molecule has 2 saturated heterocycles. The van der Waals surface area contributed by atoms with E-state index in [1.165, 1.54) is 36.8 Å². The van der Waals surface area contributed by atoms with Crippen molar-refractivity contribution >= 4 is 5.91 Å². The number of aryl methyl sites for hydroxylation is 2. The third kappa shape index (κ3) is 5.05. The van der Waals surface area contributed by atoms with Gasteiger partial charge < -0.3 is 9.64 Å². The third-order valence-corrected chi connectivity index (χ3v) is 5.39. The van der Waals surface area contributed by atoms with Crippen LogP contribution < -0.4 is 0 Å². The second kappa shape index (κ2) is 8.63. The molecule has 0 atom stereocenters. The van der Waals surface area contributed by atoms with Crippen LogP contribution in [0.25, 0.3) is 0 Å². The molecule has 1 aromatic carbocycles. The predicted octanol–water partition coefficient (Wildman–Crippen LogP) is 2.50. The number of likely N-dealkylation sites (tertiary alicyclic amines) is 1. The molecule has 2 aliphatic heterocycles. The number of morpholine rings is 1. The average Bonchev–Trinajstić information content (AvgIpc) is 2.63. The Morgan fingerprint density at radius 2 is 1.75 bits per heavy atom. The minimum absolute atomic E-state index is 0.274. The van der Waals surface area contributed by atoms with Gasteiger partial charge in [0, 0.05) is 13.1 Å². The topological polar surface area (TPSA) is 32.8 Å². The van der Waals surface area contributed by atoms with E-state index in [4.69, 9.17) is 4.74 Å². The summed E-state index contributed by atoms with van der Waals surface area (Å²) in [5.74, 6) is 1.08. The van der Waals surface area contributed by atoms with Gasteiger partial charge in [-0.25, -0.2) is 0 Å². The molecule has 1 amide bonds. The minimum Gasteiger partial charge on any atom is -0.378 e. The van der Waals surface area contributed by atoms with Crippen molar-refractivity contribution in [2.24, 2.45) is 5.92 Å². The second-order valence-corrected chi connectivity index (χ2v) is 7.24. The molecule has 2 aliphatic rings. The van der Waals surface area contributed by atoms with Gasteiger partial charge in [0.15, 0.2) is 0 Å². The molecule has 0 aliphatic carbocycles.